The summed E-state index contributed by atoms with van der Waals surface area (Å²) in [7, 11) is 0. The van der Waals surface area contributed by atoms with E-state index in [2.05, 4.69) is 25.0 Å². The molecule has 0 saturated heterocycles. The van der Waals surface area contributed by atoms with Crippen molar-refractivity contribution in [3.05, 3.63) is 41.2 Å². The van der Waals surface area contributed by atoms with E-state index in [1.54, 1.807) is 18.3 Å². The minimum absolute atomic E-state index is 0.550. The van der Waals surface area contributed by atoms with Crippen molar-refractivity contribution in [1.82, 2.24) is 9.78 Å². The van der Waals surface area contributed by atoms with Gasteiger partial charge < -0.3 is 0 Å². The summed E-state index contributed by atoms with van der Waals surface area (Å²) in [5.74, 6) is 0.550. The van der Waals surface area contributed by atoms with Crippen molar-refractivity contribution in [3.8, 4) is 17.2 Å². The molecule has 0 aliphatic heterocycles. The Morgan fingerprint density at radius 2 is 2.22 bits per heavy atom. The first-order valence-electron chi connectivity index (χ1n) is 5.82. The Balaban J connectivity index is 2.32. The van der Waals surface area contributed by atoms with E-state index < -0.39 is 0 Å². The summed E-state index contributed by atoms with van der Waals surface area (Å²) in [5.41, 5.74) is 2.45. The van der Waals surface area contributed by atoms with Gasteiger partial charge in [0.1, 0.15) is 0 Å². The summed E-state index contributed by atoms with van der Waals surface area (Å²) in [4.78, 5) is 0. The monoisotopic (exact) mass is 259 g/mol. The van der Waals surface area contributed by atoms with E-state index in [9.17, 15) is 0 Å². The van der Waals surface area contributed by atoms with Crippen LogP contribution in [0.5, 0.6) is 0 Å². The van der Waals surface area contributed by atoms with Gasteiger partial charge in [-0.1, -0.05) is 31.5 Å². The maximum Gasteiger partial charge on any atom is 0.0992 e. The zero-order valence-electron chi connectivity index (χ0n) is 10.4. The van der Waals surface area contributed by atoms with Crippen molar-refractivity contribution in [2.75, 3.05) is 0 Å². The fourth-order valence-corrected chi connectivity index (χ4v) is 2.09. The average molecular weight is 260 g/mol. The van der Waals surface area contributed by atoms with Gasteiger partial charge >= 0.3 is 0 Å². The third-order valence-corrected chi connectivity index (χ3v) is 2.91. The predicted molar refractivity (Wildman–Crippen MR) is 72.2 cm³/mol. The van der Waals surface area contributed by atoms with Crippen molar-refractivity contribution in [3.63, 3.8) is 0 Å². The second kappa shape index (κ2) is 5.24. The van der Waals surface area contributed by atoms with E-state index in [0.29, 0.717) is 16.5 Å². The lowest BCUT2D eigenvalue weighted by atomic mass is 10.1. The van der Waals surface area contributed by atoms with E-state index >= 15 is 0 Å². The van der Waals surface area contributed by atoms with Crippen LogP contribution in [-0.2, 0) is 6.54 Å². The SMILES string of the molecule is CC(C)Cn1cc(-c2ccc(C#N)cc2Cl)cn1. The first-order chi connectivity index (χ1) is 8.60. The van der Waals surface area contributed by atoms with Crippen LogP contribution < -0.4 is 0 Å². The summed E-state index contributed by atoms with van der Waals surface area (Å²) in [6.07, 6.45) is 3.78. The van der Waals surface area contributed by atoms with Crippen LogP contribution in [0.4, 0.5) is 0 Å². The van der Waals surface area contributed by atoms with Crippen LogP contribution in [-0.4, -0.2) is 9.78 Å². The lowest BCUT2D eigenvalue weighted by Gasteiger charge is -2.04. The fourth-order valence-electron chi connectivity index (χ4n) is 1.80. The summed E-state index contributed by atoms with van der Waals surface area (Å²) in [6, 6.07) is 7.37. The van der Waals surface area contributed by atoms with Gasteiger partial charge in [0.2, 0.25) is 0 Å². The second-order valence-corrected chi connectivity index (χ2v) is 5.06. The molecule has 0 saturated carbocycles. The first kappa shape index (κ1) is 12.7. The van der Waals surface area contributed by atoms with Gasteiger partial charge in [-0.25, -0.2) is 0 Å². The van der Waals surface area contributed by atoms with Crippen molar-refractivity contribution >= 4 is 11.6 Å². The molecule has 0 radical (unpaired) electrons. The molecule has 2 rings (SSSR count). The van der Waals surface area contributed by atoms with Gasteiger partial charge in [-0.05, 0) is 18.1 Å². The van der Waals surface area contributed by atoms with Crippen molar-refractivity contribution in [2.24, 2.45) is 5.92 Å². The third-order valence-electron chi connectivity index (χ3n) is 2.59. The van der Waals surface area contributed by atoms with Gasteiger partial charge in [0, 0.05) is 28.9 Å². The number of hydrogen-bond donors (Lipinski definition) is 0. The van der Waals surface area contributed by atoms with E-state index in [1.807, 2.05) is 16.9 Å². The minimum atomic E-state index is 0.550. The molecule has 0 aliphatic carbocycles. The minimum Gasteiger partial charge on any atom is -0.272 e. The number of rotatable bonds is 3. The van der Waals surface area contributed by atoms with Gasteiger partial charge in [0.25, 0.3) is 0 Å². The Morgan fingerprint density at radius 3 is 2.83 bits per heavy atom. The van der Waals surface area contributed by atoms with Gasteiger partial charge in [-0.15, -0.1) is 0 Å². The van der Waals surface area contributed by atoms with Crippen molar-refractivity contribution < 1.29 is 0 Å². The van der Waals surface area contributed by atoms with Crippen LogP contribution in [0, 0.1) is 17.2 Å². The standard InChI is InChI=1S/C14H14ClN3/c1-10(2)8-18-9-12(7-17-18)13-4-3-11(6-16)5-14(13)15/h3-5,7,9-10H,8H2,1-2H3. The van der Waals surface area contributed by atoms with Crippen LogP contribution in [0.15, 0.2) is 30.6 Å². The van der Waals surface area contributed by atoms with Gasteiger partial charge in [-0.2, -0.15) is 10.4 Å². The van der Waals surface area contributed by atoms with Crippen LogP contribution in [0.1, 0.15) is 19.4 Å². The molecule has 2 aromatic rings. The predicted octanol–water partition coefficient (Wildman–Crippen LogP) is 3.73. The highest BCUT2D eigenvalue weighted by atomic mass is 35.5. The molecule has 0 atom stereocenters. The number of nitrogens with zero attached hydrogens (tertiary/aromatic N) is 3. The van der Waals surface area contributed by atoms with E-state index in [1.165, 1.54) is 0 Å². The Hall–Kier alpha value is -1.79. The number of aromatic nitrogens is 2. The highest BCUT2D eigenvalue weighted by molar-refractivity contribution is 6.33. The molecule has 1 aromatic carbocycles. The van der Waals surface area contributed by atoms with Crippen LogP contribution >= 0.6 is 11.6 Å². The Labute approximate surface area is 112 Å². The van der Waals surface area contributed by atoms with E-state index in [0.717, 1.165) is 17.7 Å². The van der Waals surface area contributed by atoms with Crippen LogP contribution in [0.2, 0.25) is 5.02 Å². The molecule has 3 nitrogen and oxygen atoms in total. The van der Waals surface area contributed by atoms with E-state index in [-0.39, 0.29) is 0 Å². The van der Waals surface area contributed by atoms with Crippen molar-refractivity contribution in [2.45, 2.75) is 20.4 Å². The molecule has 92 valence electrons. The summed E-state index contributed by atoms with van der Waals surface area (Å²) in [5, 5.41) is 13.7. The summed E-state index contributed by atoms with van der Waals surface area (Å²) < 4.78 is 1.91. The molecule has 18 heavy (non-hydrogen) atoms. The van der Waals surface area contributed by atoms with Crippen LogP contribution in [0.25, 0.3) is 11.1 Å². The first-order valence-corrected chi connectivity index (χ1v) is 6.20. The largest absolute Gasteiger partial charge is 0.272 e. The second-order valence-electron chi connectivity index (χ2n) is 4.65. The highest BCUT2D eigenvalue weighted by Crippen LogP contribution is 2.28. The molecule has 0 unspecified atom stereocenters. The normalized spacial score (nSPS) is 10.6. The Bertz CT molecular complexity index is 593. The maximum absolute atomic E-state index is 8.80. The molecule has 0 fully saturated rings. The number of nitriles is 1. The molecule has 0 aliphatic rings. The zero-order valence-corrected chi connectivity index (χ0v) is 11.1. The molecule has 0 N–H and O–H groups in total. The van der Waals surface area contributed by atoms with E-state index in [4.69, 9.17) is 16.9 Å². The summed E-state index contributed by atoms with van der Waals surface area (Å²) in [6.45, 7) is 5.18. The molecular formula is C14H14ClN3. The molecule has 0 amide bonds. The van der Waals surface area contributed by atoms with Gasteiger partial charge in [-0.3, -0.25) is 4.68 Å². The third kappa shape index (κ3) is 2.72. The quantitative estimate of drug-likeness (QED) is 0.843. The summed E-state index contributed by atoms with van der Waals surface area (Å²) >= 11 is 6.17. The lowest BCUT2D eigenvalue weighted by Crippen LogP contribution is -2.03. The van der Waals surface area contributed by atoms with Gasteiger partial charge in [0.15, 0.2) is 0 Å². The zero-order chi connectivity index (χ0) is 13.1. The maximum atomic E-state index is 8.80. The highest BCUT2D eigenvalue weighted by Gasteiger charge is 2.07. The Kier molecular flexibility index (Phi) is 3.69. The number of hydrogen-bond acceptors (Lipinski definition) is 2. The average Bonchev–Trinajstić information content (AvgIpc) is 2.76. The lowest BCUT2D eigenvalue weighted by molar-refractivity contribution is 0.483. The topological polar surface area (TPSA) is 41.6 Å². The molecule has 1 heterocycles. The fraction of sp³-hybridized carbons (Fsp3) is 0.286. The number of benzene rings is 1. The number of halogens is 1. The van der Waals surface area contributed by atoms with Crippen molar-refractivity contribution in [1.29, 1.82) is 5.26 Å². The smallest absolute Gasteiger partial charge is 0.0992 e. The molecular weight excluding hydrogens is 246 g/mol. The molecule has 4 heteroatoms. The molecule has 1 aromatic heterocycles. The molecule has 0 bridgehead atoms. The van der Waals surface area contributed by atoms with Crippen LogP contribution in [0.3, 0.4) is 0 Å². The molecule has 0 spiro atoms. The van der Waals surface area contributed by atoms with Gasteiger partial charge in [0.05, 0.1) is 17.8 Å². The Morgan fingerprint density at radius 1 is 1.44 bits per heavy atom.